The van der Waals surface area contributed by atoms with Crippen molar-refractivity contribution in [3.05, 3.63) is 88.3 Å². The Bertz CT molecular complexity index is 1050. The summed E-state index contributed by atoms with van der Waals surface area (Å²) in [5, 5.41) is 0.661. The molecule has 0 spiro atoms. The summed E-state index contributed by atoms with van der Waals surface area (Å²) in [7, 11) is 0. The Kier molecular flexibility index (Phi) is 4.19. The topological polar surface area (TPSA) is 51.8 Å². The van der Waals surface area contributed by atoms with E-state index < -0.39 is 5.97 Å². The van der Waals surface area contributed by atoms with Gasteiger partial charge in [0.05, 0.1) is 0 Å². The summed E-state index contributed by atoms with van der Waals surface area (Å²) >= 11 is 5.90. The lowest BCUT2D eigenvalue weighted by Gasteiger charge is -1.99. The van der Waals surface area contributed by atoms with E-state index in [4.69, 9.17) is 20.8 Å². The smallest absolute Gasteiger partial charge is 0.363 e. The number of cyclic esters (lactones) is 1. The molecule has 5 heteroatoms. The third-order valence-electron chi connectivity index (χ3n) is 3.92. The van der Waals surface area contributed by atoms with Crippen molar-refractivity contribution in [1.29, 1.82) is 0 Å². The van der Waals surface area contributed by atoms with Crippen molar-refractivity contribution in [3.63, 3.8) is 0 Å². The molecule has 0 aliphatic carbocycles. The normalized spacial score (nSPS) is 15.2. The molecule has 0 radical (unpaired) electrons. The number of hydrogen-bond acceptors (Lipinski definition) is 4. The zero-order valence-corrected chi connectivity index (χ0v) is 14.7. The SMILES string of the molecule is Cc1cccc(C2=NC(=Cc3ccc(-c4ccc(Cl)cc4)o3)C(=O)O2)c1. The van der Waals surface area contributed by atoms with Gasteiger partial charge in [-0.3, -0.25) is 0 Å². The summed E-state index contributed by atoms with van der Waals surface area (Å²) in [6, 6.07) is 18.6. The van der Waals surface area contributed by atoms with E-state index in [1.54, 1.807) is 24.3 Å². The minimum Gasteiger partial charge on any atom is -0.457 e. The van der Waals surface area contributed by atoms with E-state index in [0.29, 0.717) is 22.4 Å². The number of esters is 1. The second-order valence-corrected chi connectivity index (χ2v) is 6.35. The molecule has 0 fully saturated rings. The van der Waals surface area contributed by atoms with E-state index in [0.717, 1.165) is 16.7 Å². The van der Waals surface area contributed by atoms with E-state index in [2.05, 4.69) is 4.99 Å². The first-order chi connectivity index (χ1) is 12.6. The average Bonchev–Trinajstić information content (AvgIpc) is 3.23. The second-order valence-electron chi connectivity index (χ2n) is 5.91. The van der Waals surface area contributed by atoms with E-state index in [9.17, 15) is 4.79 Å². The molecular formula is C21H14ClNO3. The minimum absolute atomic E-state index is 0.207. The number of rotatable bonds is 3. The molecule has 0 amide bonds. The van der Waals surface area contributed by atoms with Crippen LogP contribution in [-0.4, -0.2) is 11.9 Å². The fourth-order valence-corrected chi connectivity index (χ4v) is 2.77. The molecule has 0 saturated carbocycles. The lowest BCUT2D eigenvalue weighted by atomic mass is 10.1. The molecule has 1 aromatic heterocycles. The summed E-state index contributed by atoms with van der Waals surface area (Å²) in [5.74, 6) is 1.01. The highest BCUT2D eigenvalue weighted by molar-refractivity contribution is 6.30. The van der Waals surface area contributed by atoms with Crippen LogP contribution in [0, 0.1) is 6.92 Å². The van der Waals surface area contributed by atoms with Crippen LogP contribution >= 0.6 is 11.6 Å². The van der Waals surface area contributed by atoms with Crippen molar-refractivity contribution in [1.82, 2.24) is 0 Å². The number of nitrogens with zero attached hydrogens (tertiary/aromatic N) is 1. The largest absolute Gasteiger partial charge is 0.457 e. The van der Waals surface area contributed by atoms with E-state index in [-0.39, 0.29) is 5.70 Å². The van der Waals surface area contributed by atoms with Gasteiger partial charge in [-0.05, 0) is 55.5 Å². The molecule has 1 aliphatic heterocycles. The fourth-order valence-electron chi connectivity index (χ4n) is 2.65. The van der Waals surface area contributed by atoms with Crippen molar-refractivity contribution < 1.29 is 13.9 Å². The molecule has 1 aliphatic rings. The number of ether oxygens (including phenoxy) is 1. The molecular weight excluding hydrogens is 350 g/mol. The third kappa shape index (κ3) is 3.32. The van der Waals surface area contributed by atoms with Gasteiger partial charge in [-0.1, -0.05) is 29.3 Å². The molecule has 4 nitrogen and oxygen atoms in total. The minimum atomic E-state index is -0.494. The van der Waals surface area contributed by atoms with Crippen LogP contribution in [0.25, 0.3) is 17.4 Å². The quantitative estimate of drug-likeness (QED) is 0.471. The van der Waals surface area contributed by atoms with Gasteiger partial charge in [0.2, 0.25) is 5.90 Å². The zero-order chi connectivity index (χ0) is 18.1. The molecule has 0 atom stereocenters. The first-order valence-corrected chi connectivity index (χ1v) is 8.42. The Morgan fingerprint density at radius 1 is 1.00 bits per heavy atom. The Hall–Kier alpha value is -3.11. The van der Waals surface area contributed by atoms with Crippen molar-refractivity contribution >= 4 is 29.5 Å². The fraction of sp³-hybridized carbons (Fsp3) is 0.0476. The van der Waals surface area contributed by atoms with Crippen LogP contribution in [0.15, 0.2) is 75.8 Å². The van der Waals surface area contributed by atoms with Crippen LogP contribution in [0.3, 0.4) is 0 Å². The van der Waals surface area contributed by atoms with Gasteiger partial charge < -0.3 is 9.15 Å². The van der Waals surface area contributed by atoms with E-state index >= 15 is 0 Å². The highest BCUT2D eigenvalue weighted by atomic mass is 35.5. The average molecular weight is 364 g/mol. The zero-order valence-electron chi connectivity index (χ0n) is 13.9. The Morgan fingerprint density at radius 3 is 2.58 bits per heavy atom. The number of carbonyl (C=O) groups excluding carboxylic acids is 1. The first-order valence-electron chi connectivity index (χ1n) is 8.04. The van der Waals surface area contributed by atoms with Gasteiger partial charge in [-0.25, -0.2) is 9.79 Å². The monoisotopic (exact) mass is 363 g/mol. The van der Waals surface area contributed by atoms with Gasteiger partial charge in [-0.15, -0.1) is 0 Å². The summed E-state index contributed by atoms with van der Waals surface area (Å²) in [5.41, 5.74) is 2.94. The molecule has 128 valence electrons. The molecule has 3 aromatic rings. The maximum atomic E-state index is 12.1. The Balaban J connectivity index is 1.62. The maximum absolute atomic E-state index is 12.1. The number of benzene rings is 2. The van der Waals surface area contributed by atoms with Gasteiger partial charge in [0, 0.05) is 22.2 Å². The lowest BCUT2D eigenvalue weighted by Crippen LogP contribution is -2.05. The number of furan rings is 1. The van der Waals surface area contributed by atoms with E-state index in [1.807, 2.05) is 49.4 Å². The highest BCUT2D eigenvalue weighted by Gasteiger charge is 2.24. The predicted octanol–water partition coefficient (Wildman–Crippen LogP) is 5.25. The molecule has 2 aromatic carbocycles. The molecule has 0 unspecified atom stereocenters. The Morgan fingerprint density at radius 2 is 1.81 bits per heavy atom. The lowest BCUT2D eigenvalue weighted by molar-refractivity contribution is -0.129. The first kappa shape index (κ1) is 16.4. The molecule has 0 N–H and O–H groups in total. The predicted molar refractivity (Wildman–Crippen MR) is 101 cm³/mol. The number of halogens is 1. The van der Waals surface area contributed by atoms with Crippen molar-refractivity contribution in [2.45, 2.75) is 6.92 Å². The molecule has 0 bridgehead atoms. The van der Waals surface area contributed by atoms with Crippen molar-refractivity contribution in [3.8, 4) is 11.3 Å². The van der Waals surface area contributed by atoms with Crippen LogP contribution in [0.2, 0.25) is 5.02 Å². The molecule has 26 heavy (non-hydrogen) atoms. The molecule has 2 heterocycles. The number of hydrogen-bond donors (Lipinski definition) is 0. The van der Waals surface area contributed by atoms with Gasteiger partial charge in [0.1, 0.15) is 11.5 Å². The van der Waals surface area contributed by atoms with Crippen LogP contribution in [-0.2, 0) is 9.53 Å². The maximum Gasteiger partial charge on any atom is 0.363 e. The number of aryl methyl sites for hydroxylation is 1. The van der Waals surface area contributed by atoms with Crippen molar-refractivity contribution in [2.75, 3.05) is 0 Å². The highest BCUT2D eigenvalue weighted by Crippen LogP contribution is 2.26. The van der Waals surface area contributed by atoms with Crippen LogP contribution < -0.4 is 0 Å². The van der Waals surface area contributed by atoms with Crippen molar-refractivity contribution in [2.24, 2.45) is 4.99 Å². The molecule has 0 saturated heterocycles. The summed E-state index contributed by atoms with van der Waals surface area (Å²) in [6.07, 6.45) is 1.57. The standard InChI is InChI=1S/C21H14ClNO3/c1-13-3-2-4-15(11-13)20-23-18(21(24)26-20)12-17-9-10-19(25-17)14-5-7-16(22)8-6-14/h2-12H,1H3. The van der Waals surface area contributed by atoms with Gasteiger partial charge in [0.25, 0.3) is 0 Å². The van der Waals surface area contributed by atoms with Crippen LogP contribution in [0.5, 0.6) is 0 Å². The summed E-state index contributed by atoms with van der Waals surface area (Å²) in [6.45, 7) is 1.97. The van der Waals surface area contributed by atoms with Gasteiger partial charge in [-0.2, -0.15) is 0 Å². The van der Waals surface area contributed by atoms with Crippen LogP contribution in [0.1, 0.15) is 16.9 Å². The number of carbonyl (C=O) groups is 1. The molecule has 4 rings (SSSR count). The van der Waals surface area contributed by atoms with Gasteiger partial charge in [0.15, 0.2) is 5.70 Å². The van der Waals surface area contributed by atoms with Gasteiger partial charge >= 0.3 is 5.97 Å². The van der Waals surface area contributed by atoms with Crippen LogP contribution in [0.4, 0.5) is 0 Å². The summed E-state index contributed by atoms with van der Waals surface area (Å²) in [4.78, 5) is 16.4. The number of aliphatic imine (C=N–C) groups is 1. The third-order valence-corrected chi connectivity index (χ3v) is 4.17. The second kappa shape index (κ2) is 6.65. The van der Waals surface area contributed by atoms with E-state index in [1.165, 1.54) is 0 Å². The Labute approximate surface area is 155 Å². The summed E-state index contributed by atoms with van der Waals surface area (Å²) < 4.78 is 11.1.